The number of carbonyl (C=O) groups is 2. The molecule has 0 bridgehead atoms. The van der Waals surface area contributed by atoms with Gasteiger partial charge in [-0.25, -0.2) is 0 Å². The van der Waals surface area contributed by atoms with Crippen LogP contribution >= 0.6 is 0 Å². The van der Waals surface area contributed by atoms with Gasteiger partial charge in [0.05, 0.1) is 6.61 Å². The van der Waals surface area contributed by atoms with Crippen molar-refractivity contribution in [2.75, 3.05) is 19.8 Å². The highest BCUT2D eigenvalue weighted by Gasteiger charge is 2.17. The van der Waals surface area contributed by atoms with Crippen molar-refractivity contribution in [3.8, 4) is 0 Å². The zero-order valence-corrected chi connectivity index (χ0v) is 40.1. The van der Waals surface area contributed by atoms with Gasteiger partial charge in [0, 0.05) is 19.4 Å². The van der Waals surface area contributed by atoms with Gasteiger partial charge in [-0.1, -0.05) is 187 Å². The van der Waals surface area contributed by atoms with Crippen molar-refractivity contribution in [1.82, 2.24) is 0 Å². The van der Waals surface area contributed by atoms with Gasteiger partial charge in [0.15, 0.2) is 6.10 Å². The van der Waals surface area contributed by atoms with Gasteiger partial charge >= 0.3 is 11.9 Å². The van der Waals surface area contributed by atoms with Gasteiger partial charge in [-0.05, 0) is 122 Å². The van der Waals surface area contributed by atoms with E-state index in [2.05, 4.69) is 142 Å². The van der Waals surface area contributed by atoms with E-state index in [1.807, 2.05) is 0 Å². The van der Waals surface area contributed by atoms with Crippen molar-refractivity contribution >= 4 is 11.9 Å². The fourth-order valence-corrected chi connectivity index (χ4v) is 6.27. The molecule has 5 heteroatoms. The SMILES string of the molecule is CC/C=C\C/C=C\C/C=C\C/C=C\C/C=C\CCCCOCC(COC(=O)CCCCCC/C=C\C/C=C\C/C=C\C/C=C\CC)OC(=O)CCCCCCC/C=C\CCCC. The summed E-state index contributed by atoms with van der Waals surface area (Å²) in [6.07, 6.45) is 72.1. The maximum absolute atomic E-state index is 12.8. The maximum Gasteiger partial charge on any atom is 0.306 e. The molecule has 0 saturated carbocycles. The third-order valence-electron chi connectivity index (χ3n) is 9.96. The van der Waals surface area contributed by atoms with E-state index in [1.165, 1.54) is 32.1 Å². The molecule has 0 amide bonds. The third kappa shape index (κ3) is 49.0. The molecule has 0 aliphatic heterocycles. The summed E-state index contributed by atoms with van der Waals surface area (Å²) in [6, 6.07) is 0. The standard InChI is InChI=1S/C57H92O5/c1-4-7-10-13-16-19-22-24-26-28-30-32-34-37-40-43-46-49-52-60-53-55(62-57(59)51-48-45-42-39-35-21-18-15-12-9-6-3)54-61-56(58)50-47-44-41-38-36-33-31-29-27-25-23-20-17-14-11-8-5-2/h7-8,10-11,15-20,24-27,30-33,37,40,55H,4-6,9,12-14,21-23,28-29,34-36,38-39,41-54H2,1-3H3/b10-7-,11-8-,18-15-,19-16-,20-17-,26-24-,27-25-,32-30-,33-31-,40-37-. The number of hydrogen-bond acceptors (Lipinski definition) is 5. The number of esters is 2. The molecule has 0 aromatic heterocycles. The Morgan fingerprint density at radius 3 is 1.18 bits per heavy atom. The Bertz CT molecular complexity index is 1290. The number of unbranched alkanes of at least 4 members (excludes halogenated alkanes) is 13. The summed E-state index contributed by atoms with van der Waals surface area (Å²) in [5.41, 5.74) is 0. The normalized spacial score (nSPS) is 13.3. The Morgan fingerprint density at radius 1 is 0.371 bits per heavy atom. The Balaban J connectivity index is 4.40. The Morgan fingerprint density at radius 2 is 0.726 bits per heavy atom. The van der Waals surface area contributed by atoms with E-state index in [-0.39, 0.29) is 25.2 Å². The smallest absolute Gasteiger partial charge is 0.306 e. The zero-order chi connectivity index (χ0) is 44.9. The number of hydrogen-bond donors (Lipinski definition) is 0. The van der Waals surface area contributed by atoms with Crippen LogP contribution in [0.25, 0.3) is 0 Å². The number of ether oxygens (including phenoxy) is 3. The minimum atomic E-state index is -0.581. The van der Waals surface area contributed by atoms with Crippen molar-refractivity contribution in [3.05, 3.63) is 122 Å². The van der Waals surface area contributed by atoms with Crippen molar-refractivity contribution in [1.29, 1.82) is 0 Å². The molecule has 0 aliphatic rings. The zero-order valence-electron chi connectivity index (χ0n) is 40.1. The van der Waals surface area contributed by atoms with Crippen LogP contribution < -0.4 is 0 Å². The first-order valence-electron chi connectivity index (χ1n) is 25.1. The van der Waals surface area contributed by atoms with Crippen LogP contribution in [0.5, 0.6) is 0 Å². The first-order valence-corrected chi connectivity index (χ1v) is 25.1. The van der Waals surface area contributed by atoms with Gasteiger partial charge in [0.2, 0.25) is 0 Å². The minimum Gasteiger partial charge on any atom is -0.462 e. The highest BCUT2D eigenvalue weighted by molar-refractivity contribution is 5.70. The summed E-state index contributed by atoms with van der Waals surface area (Å²) in [6.45, 7) is 7.41. The van der Waals surface area contributed by atoms with Crippen molar-refractivity contribution < 1.29 is 23.8 Å². The summed E-state index contributed by atoms with van der Waals surface area (Å²) < 4.78 is 17.3. The molecule has 0 radical (unpaired) electrons. The number of carbonyl (C=O) groups excluding carboxylic acids is 2. The second-order valence-corrected chi connectivity index (χ2v) is 15.9. The first-order chi connectivity index (χ1) is 30.6. The molecule has 0 spiro atoms. The van der Waals surface area contributed by atoms with E-state index < -0.39 is 6.10 Å². The monoisotopic (exact) mass is 857 g/mol. The van der Waals surface area contributed by atoms with E-state index in [9.17, 15) is 9.59 Å². The Kier molecular flexibility index (Phi) is 48.6. The van der Waals surface area contributed by atoms with Crippen LogP contribution in [0.2, 0.25) is 0 Å². The van der Waals surface area contributed by atoms with Crippen LogP contribution in [-0.4, -0.2) is 37.9 Å². The molecular formula is C57H92O5. The van der Waals surface area contributed by atoms with E-state index in [4.69, 9.17) is 14.2 Å². The van der Waals surface area contributed by atoms with Crippen LogP contribution in [-0.2, 0) is 23.8 Å². The van der Waals surface area contributed by atoms with Gasteiger partial charge in [0.25, 0.3) is 0 Å². The summed E-state index contributed by atoms with van der Waals surface area (Å²) >= 11 is 0. The third-order valence-corrected chi connectivity index (χ3v) is 9.96. The van der Waals surface area contributed by atoms with E-state index in [1.54, 1.807) is 0 Å². The molecule has 62 heavy (non-hydrogen) atoms. The molecule has 0 aromatic rings. The predicted molar refractivity (Wildman–Crippen MR) is 269 cm³/mol. The average Bonchev–Trinajstić information content (AvgIpc) is 3.27. The highest BCUT2D eigenvalue weighted by atomic mass is 16.6. The molecular weight excluding hydrogens is 765 g/mol. The van der Waals surface area contributed by atoms with Gasteiger partial charge in [-0.2, -0.15) is 0 Å². The summed E-state index contributed by atoms with van der Waals surface area (Å²) in [4.78, 5) is 25.3. The number of allylic oxidation sites excluding steroid dienone is 20. The lowest BCUT2D eigenvalue weighted by Gasteiger charge is -2.18. The summed E-state index contributed by atoms with van der Waals surface area (Å²) in [7, 11) is 0. The van der Waals surface area contributed by atoms with E-state index in [0.29, 0.717) is 19.4 Å². The van der Waals surface area contributed by atoms with E-state index >= 15 is 0 Å². The Labute approximate surface area is 382 Å². The molecule has 0 aromatic carbocycles. The molecule has 0 N–H and O–H groups in total. The van der Waals surface area contributed by atoms with Crippen molar-refractivity contribution in [2.45, 2.75) is 207 Å². The molecule has 0 rings (SSSR count). The van der Waals surface area contributed by atoms with Crippen LogP contribution in [0.1, 0.15) is 201 Å². The van der Waals surface area contributed by atoms with Gasteiger partial charge < -0.3 is 14.2 Å². The van der Waals surface area contributed by atoms with Gasteiger partial charge in [-0.15, -0.1) is 0 Å². The summed E-state index contributed by atoms with van der Waals surface area (Å²) in [5, 5.41) is 0. The minimum absolute atomic E-state index is 0.0439. The molecule has 0 saturated heterocycles. The Hall–Kier alpha value is -3.70. The molecule has 1 unspecified atom stereocenters. The predicted octanol–water partition coefficient (Wildman–Crippen LogP) is 17.0. The largest absolute Gasteiger partial charge is 0.462 e. The second-order valence-electron chi connectivity index (χ2n) is 15.9. The average molecular weight is 857 g/mol. The van der Waals surface area contributed by atoms with Crippen molar-refractivity contribution in [2.24, 2.45) is 0 Å². The quantitative estimate of drug-likeness (QED) is 0.0347. The lowest BCUT2D eigenvalue weighted by molar-refractivity contribution is -0.163. The van der Waals surface area contributed by atoms with Gasteiger partial charge in [-0.3, -0.25) is 9.59 Å². The van der Waals surface area contributed by atoms with Crippen LogP contribution in [0.15, 0.2) is 122 Å². The highest BCUT2D eigenvalue weighted by Crippen LogP contribution is 2.12. The van der Waals surface area contributed by atoms with Crippen LogP contribution in [0.3, 0.4) is 0 Å². The fourth-order valence-electron chi connectivity index (χ4n) is 6.27. The fraction of sp³-hybridized carbons (Fsp3) is 0.614. The molecule has 0 heterocycles. The maximum atomic E-state index is 12.8. The van der Waals surface area contributed by atoms with Gasteiger partial charge in [0.1, 0.15) is 6.61 Å². The molecule has 1 atom stereocenters. The summed E-state index contributed by atoms with van der Waals surface area (Å²) in [5.74, 6) is -0.470. The molecule has 0 aliphatic carbocycles. The molecule has 350 valence electrons. The molecule has 0 fully saturated rings. The van der Waals surface area contributed by atoms with E-state index in [0.717, 1.165) is 135 Å². The lowest BCUT2D eigenvalue weighted by Crippen LogP contribution is -2.30. The van der Waals surface area contributed by atoms with Crippen LogP contribution in [0, 0.1) is 0 Å². The van der Waals surface area contributed by atoms with Crippen molar-refractivity contribution in [3.63, 3.8) is 0 Å². The number of rotatable bonds is 44. The molecule has 5 nitrogen and oxygen atoms in total. The second kappa shape index (κ2) is 51.6. The first kappa shape index (κ1) is 58.3. The lowest BCUT2D eigenvalue weighted by atomic mass is 10.1. The topological polar surface area (TPSA) is 61.8 Å². The van der Waals surface area contributed by atoms with Crippen LogP contribution in [0.4, 0.5) is 0 Å².